The van der Waals surface area contributed by atoms with Gasteiger partial charge in [-0.3, -0.25) is 14.6 Å². The van der Waals surface area contributed by atoms with Crippen molar-refractivity contribution in [1.82, 2.24) is 9.88 Å². The Morgan fingerprint density at radius 3 is 2.43 bits per heavy atom. The first-order valence-electron chi connectivity index (χ1n) is 8.87. The molecule has 1 fully saturated rings. The molecule has 142 valence electrons. The van der Waals surface area contributed by atoms with Crippen molar-refractivity contribution in [1.29, 1.82) is 0 Å². The van der Waals surface area contributed by atoms with Crippen molar-refractivity contribution < 1.29 is 18.4 Å². The van der Waals surface area contributed by atoms with E-state index in [1.54, 1.807) is 13.8 Å². The predicted molar refractivity (Wildman–Crippen MR) is 101 cm³/mol. The summed E-state index contributed by atoms with van der Waals surface area (Å²) in [6.45, 7) is 3.41. The Labute approximate surface area is 161 Å². The van der Waals surface area contributed by atoms with Crippen LogP contribution in [-0.2, 0) is 11.3 Å². The normalized spacial score (nSPS) is 16.9. The number of oxazole rings is 1. The largest absolute Gasteiger partial charge is 0.441 e. The fourth-order valence-electron chi connectivity index (χ4n) is 3.24. The summed E-state index contributed by atoms with van der Waals surface area (Å²) < 4.78 is 18.9. The van der Waals surface area contributed by atoms with Gasteiger partial charge in [0.2, 0.25) is 5.89 Å². The number of nitrogens with zero attached hydrogens (tertiary/aromatic N) is 3. The van der Waals surface area contributed by atoms with E-state index in [4.69, 9.17) is 4.42 Å². The third-order valence-corrected chi connectivity index (χ3v) is 4.77. The Bertz CT molecular complexity index is 1030. The highest BCUT2D eigenvalue weighted by Gasteiger charge is 2.43. The van der Waals surface area contributed by atoms with Crippen molar-refractivity contribution in [2.75, 3.05) is 4.90 Å². The number of hydrogen-bond donors (Lipinski definition) is 0. The molecule has 3 aromatic rings. The minimum Gasteiger partial charge on any atom is -0.441 e. The standard InChI is InChI=1S/C21H18FN3O3/c1-13-20(26)24(21(27)25(13)17-10-8-16(22)9-11-17)12-18-14(2)28-19(23-18)15-6-4-3-5-7-15/h3-11,13H,12H2,1-2H3/t13-/m1/s1. The van der Waals surface area contributed by atoms with Crippen LogP contribution in [0.2, 0.25) is 0 Å². The lowest BCUT2D eigenvalue weighted by Gasteiger charge is -2.19. The van der Waals surface area contributed by atoms with Crippen LogP contribution in [0.25, 0.3) is 11.5 Å². The van der Waals surface area contributed by atoms with E-state index in [1.807, 2.05) is 30.3 Å². The summed E-state index contributed by atoms with van der Waals surface area (Å²) in [4.78, 5) is 32.5. The Kier molecular flexibility index (Phi) is 4.43. The molecule has 1 aromatic heterocycles. The summed E-state index contributed by atoms with van der Waals surface area (Å²) in [5.74, 6) is 0.249. The fraction of sp³-hybridized carbons (Fsp3) is 0.190. The zero-order valence-corrected chi connectivity index (χ0v) is 15.4. The van der Waals surface area contributed by atoms with E-state index in [0.717, 1.165) is 10.5 Å². The number of carbonyl (C=O) groups is 2. The minimum absolute atomic E-state index is 0.0157. The van der Waals surface area contributed by atoms with Crippen molar-refractivity contribution in [3.8, 4) is 11.5 Å². The van der Waals surface area contributed by atoms with Gasteiger partial charge in [0.15, 0.2) is 0 Å². The van der Waals surface area contributed by atoms with Crippen LogP contribution < -0.4 is 4.90 Å². The maximum atomic E-state index is 13.2. The Hall–Kier alpha value is -3.48. The molecular formula is C21H18FN3O3. The molecule has 0 radical (unpaired) electrons. The number of anilines is 1. The Balaban J connectivity index is 1.60. The molecule has 0 N–H and O–H groups in total. The third-order valence-electron chi connectivity index (χ3n) is 4.77. The van der Waals surface area contributed by atoms with Crippen molar-refractivity contribution in [2.24, 2.45) is 0 Å². The van der Waals surface area contributed by atoms with Gasteiger partial charge in [-0.05, 0) is 50.2 Å². The molecule has 2 aromatic carbocycles. The fourth-order valence-corrected chi connectivity index (χ4v) is 3.24. The van der Waals surface area contributed by atoms with Crippen molar-refractivity contribution in [3.63, 3.8) is 0 Å². The van der Waals surface area contributed by atoms with Gasteiger partial charge in [-0.25, -0.2) is 14.2 Å². The average molecular weight is 379 g/mol. The monoisotopic (exact) mass is 379 g/mol. The molecule has 1 saturated heterocycles. The molecule has 6 nitrogen and oxygen atoms in total. The number of hydrogen-bond acceptors (Lipinski definition) is 4. The first-order chi connectivity index (χ1) is 13.5. The van der Waals surface area contributed by atoms with Gasteiger partial charge >= 0.3 is 6.03 Å². The first kappa shape index (κ1) is 17.9. The van der Waals surface area contributed by atoms with Gasteiger partial charge in [-0.1, -0.05) is 18.2 Å². The highest BCUT2D eigenvalue weighted by molar-refractivity contribution is 6.13. The van der Waals surface area contributed by atoms with E-state index < -0.39 is 17.9 Å². The number of urea groups is 1. The lowest BCUT2D eigenvalue weighted by molar-refractivity contribution is -0.127. The molecular weight excluding hydrogens is 361 g/mol. The number of amides is 3. The molecule has 0 unspecified atom stereocenters. The molecule has 7 heteroatoms. The smallest absolute Gasteiger partial charge is 0.332 e. The second-order valence-corrected chi connectivity index (χ2v) is 6.62. The van der Waals surface area contributed by atoms with E-state index in [1.165, 1.54) is 29.2 Å². The van der Waals surface area contributed by atoms with E-state index >= 15 is 0 Å². The molecule has 28 heavy (non-hydrogen) atoms. The summed E-state index contributed by atoms with van der Waals surface area (Å²) in [5, 5.41) is 0. The lowest BCUT2D eigenvalue weighted by Crippen LogP contribution is -2.33. The number of imide groups is 1. The van der Waals surface area contributed by atoms with E-state index in [-0.39, 0.29) is 12.5 Å². The van der Waals surface area contributed by atoms with Gasteiger partial charge in [0.25, 0.3) is 5.91 Å². The molecule has 0 bridgehead atoms. The van der Waals surface area contributed by atoms with E-state index in [2.05, 4.69) is 4.98 Å². The maximum absolute atomic E-state index is 13.2. The van der Waals surface area contributed by atoms with Crippen molar-refractivity contribution in [3.05, 3.63) is 71.9 Å². The van der Waals surface area contributed by atoms with Crippen LogP contribution in [0.15, 0.2) is 59.0 Å². The molecule has 3 amide bonds. The topological polar surface area (TPSA) is 66.7 Å². The lowest BCUT2D eigenvalue weighted by atomic mass is 10.2. The van der Waals surface area contributed by atoms with Crippen LogP contribution in [0.4, 0.5) is 14.9 Å². The third kappa shape index (κ3) is 3.05. The van der Waals surface area contributed by atoms with Gasteiger partial charge < -0.3 is 4.42 Å². The van der Waals surface area contributed by atoms with Gasteiger partial charge in [-0.2, -0.15) is 0 Å². The summed E-state index contributed by atoms with van der Waals surface area (Å²) >= 11 is 0. The minimum atomic E-state index is -0.682. The molecule has 2 heterocycles. The van der Waals surface area contributed by atoms with Gasteiger partial charge in [0.1, 0.15) is 23.3 Å². The highest BCUT2D eigenvalue weighted by Crippen LogP contribution is 2.28. The van der Waals surface area contributed by atoms with E-state index in [9.17, 15) is 14.0 Å². The van der Waals surface area contributed by atoms with Crippen molar-refractivity contribution >= 4 is 17.6 Å². The average Bonchev–Trinajstić information content (AvgIpc) is 3.17. The van der Waals surface area contributed by atoms with Crippen LogP contribution in [0.3, 0.4) is 0 Å². The SMILES string of the molecule is Cc1oc(-c2ccccc2)nc1CN1C(=O)[C@@H](C)N(c2ccc(F)cc2)C1=O. The summed E-state index contributed by atoms with van der Waals surface area (Å²) in [6.07, 6.45) is 0. The maximum Gasteiger partial charge on any atom is 0.332 e. The highest BCUT2D eigenvalue weighted by atomic mass is 19.1. The Morgan fingerprint density at radius 1 is 1.07 bits per heavy atom. The molecule has 1 atom stereocenters. The van der Waals surface area contributed by atoms with Crippen LogP contribution >= 0.6 is 0 Å². The molecule has 0 aliphatic carbocycles. The van der Waals surface area contributed by atoms with Gasteiger partial charge in [0, 0.05) is 11.3 Å². The van der Waals surface area contributed by atoms with Crippen LogP contribution in [-0.4, -0.2) is 27.9 Å². The van der Waals surface area contributed by atoms with Crippen LogP contribution in [0.5, 0.6) is 0 Å². The quantitative estimate of drug-likeness (QED) is 0.639. The van der Waals surface area contributed by atoms with Gasteiger partial charge in [-0.15, -0.1) is 0 Å². The molecule has 4 rings (SSSR count). The number of carbonyl (C=O) groups excluding carboxylic acids is 2. The van der Waals surface area contributed by atoms with Gasteiger partial charge in [0.05, 0.1) is 6.54 Å². The Morgan fingerprint density at radius 2 is 1.75 bits per heavy atom. The number of aromatic nitrogens is 1. The summed E-state index contributed by atoms with van der Waals surface area (Å²) in [7, 11) is 0. The number of rotatable bonds is 4. The number of benzene rings is 2. The van der Waals surface area contributed by atoms with Crippen molar-refractivity contribution in [2.45, 2.75) is 26.4 Å². The predicted octanol–water partition coefficient (Wildman–Crippen LogP) is 4.15. The van der Waals surface area contributed by atoms with Crippen LogP contribution in [0, 0.1) is 12.7 Å². The summed E-state index contributed by atoms with van der Waals surface area (Å²) in [5.41, 5.74) is 1.81. The molecule has 0 saturated carbocycles. The number of aryl methyl sites for hydroxylation is 1. The second kappa shape index (κ2) is 6.92. The first-order valence-corrected chi connectivity index (χ1v) is 8.87. The summed E-state index contributed by atoms with van der Waals surface area (Å²) in [6, 6.07) is 13.7. The molecule has 1 aliphatic heterocycles. The second-order valence-electron chi connectivity index (χ2n) is 6.62. The van der Waals surface area contributed by atoms with E-state index in [0.29, 0.717) is 23.0 Å². The zero-order chi connectivity index (χ0) is 19.8. The zero-order valence-electron chi connectivity index (χ0n) is 15.4. The molecule has 0 spiro atoms. The van der Waals surface area contributed by atoms with Crippen LogP contribution in [0.1, 0.15) is 18.4 Å². The molecule has 1 aliphatic rings. The number of halogens is 1.